The van der Waals surface area contributed by atoms with Gasteiger partial charge >= 0.3 is 0 Å². The lowest BCUT2D eigenvalue weighted by molar-refractivity contribution is 0.0746. The van der Waals surface area contributed by atoms with Crippen molar-refractivity contribution < 1.29 is 9.53 Å². The van der Waals surface area contributed by atoms with Crippen LogP contribution in [-0.4, -0.2) is 58.6 Å². The average molecular weight is 448 g/mol. The van der Waals surface area contributed by atoms with Gasteiger partial charge in [-0.15, -0.1) is 0 Å². The number of piperazine rings is 1. The molecule has 4 aromatic rings. The van der Waals surface area contributed by atoms with Gasteiger partial charge in [-0.05, 0) is 56.3 Å². The molecule has 1 aromatic carbocycles. The van der Waals surface area contributed by atoms with Crippen molar-refractivity contribution in [2.45, 2.75) is 13.8 Å². The van der Waals surface area contributed by atoms with Crippen molar-refractivity contribution in [1.29, 1.82) is 0 Å². The summed E-state index contributed by atoms with van der Waals surface area (Å²) in [5.74, 6) is 0.901. The van der Waals surface area contributed by atoms with Crippen LogP contribution in [0.2, 0.25) is 0 Å². The maximum absolute atomic E-state index is 13.4. The number of thiazole rings is 1. The van der Waals surface area contributed by atoms with Gasteiger partial charge in [0.1, 0.15) is 16.1 Å². The Kier molecular flexibility index (Phi) is 5.30. The van der Waals surface area contributed by atoms with Crippen molar-refractivity contribution in [2.75, 3.05) is 38.2 Å². The molecule has 1 fully saturated rings. The summed E-state index contributed by atoms with van der Waals surface area (Å²) in [6, 6.07) is 13.8. The number of methoxy groups -OCH3 is 1. The summed E-state index contributed by atoms with van der Waals surface area (Å²) in [5, 5.41) is 0.975. The first kappa shape index (κ1) is 20.5. The number of hydrogen-bond acceptors (Lipinski definition) is 6. The van der Waals surface area contributed by atoms with Crippen molar-refractivity contribution in [3.05, 3.63) is 65.6 Å². The lowest BCUT2D eigenvalue weighted by atomic mass is 10.2. The summed E-state index contributed by atoms with van der Waals surface area (Å²) in [6.45, 7) is 6.93. The number of rotatable bonds is 4. The van der Waals surface area contributed by atoms with E-state index in [4.69, 9.17) is 9.72 Å². The highest BCUT2D eigenvalue weighted by atomic mass is 32.1. The van der Waals surface area contributed by atoms with Crippen LogP contribution in [-0.2, 0) is 0 Å². The van der Waals surface area contributed by atoms with Gasteiger partial charge in [-0.2, -0.15) is 0 Å². The molecule has 8 heteroatoms. The number of carbonyl (C=O) groups is 1. The normalized spacial score (nSPS) is 14.2. The Bertz CT molecular complexity index is 1240. The van der Waals surface area contributed by atoms with Gasteiger partial charge < -0.3 is 19.1 Å². The zero-order valence-electron chi connectivity index (χ0n) is 18.4. The fourth-order valence-electron chi connectivity index (χ4n) is 4.27. The molecule has 0 N–H and O–H groups in total. The van der Waals surface area contributed by atoms with Crippen LogP contribution >= 0.6 is 11.3 Å². The van der Waals surface area contributed by atoms with E-state index in [0.717, 1.165) is 57.0 Å². The SMILES string of the molecule is COc1ccc(-n2c(C)cc(C(=O)N3CCN(c4nc5cccnc5s4)CC3)c2C)cc1. The maximum Gasteiger partial charge on any atom is 0.255 e. The Balaban J connectivity index is 1.32. The lowest BCUT2D eigenvalue weighted by Crippen LogP contribution is -2.48. The molecule has 5 rings (SSSR count). The third-order valence-electron chi connectivity index (χ3n) is 5.98. The van der Waals surface area contributed by atoms with Crippen LogP contribution in [0.3, 0.4) is 0 Å². The highest BCUT2D eigenvalue weighted by Crippen LogP contribution is 2.28. The quantitative estimate of drug-likeness (QED) is 0.472. The van der Waals surface area contributed by atoms with Crippen LogP contribution in [0, 0.1) is 13.8 Å². The number of aromatic nitrogens is 3. The van der Waals surface area contributed by atoms with Crippen LogP contribution in [0.15, 0.2) is 48.7 Å². The zero-order valence-corrected chi connectivity index (χ0v) is 19.2. The van der Waals surface area contributed by atoms with E-state index < -0.39 is 0 Å². The van der Waals surface area contributed by atoms with Gasteiger partial charge in [-0.1, -0.05) is 11.3 Å². The van der Waals surface area contributed by atoms with E-state index >= 15 is 0 Å². The second-order valence-electron chi connectivity index (χ2n) is 7.92. The summed E-state index contributed by atoms with van der Waals surface area (Å²) < 4.78 is 7.39. The summed E-state index contributed by atoms with van der Waals surface area (Å²) in [4.78, 5) is 27.6. The van der Waals surface area contributed by atoms with Crippen molar-refractivity contribution in [3.8, 4) is 11.4 Å². The van der Waals surface area contributed by atoms with E-state index in [2.05, 4.69) is 14.5 Å². The molecule has 0 bridgehead atoms. The second kappa shape index (κ2) is 8.27. The summed E-state index contributed by atoms with van der Waals surface area (Å²) in [7, 11) is 1.66. The Morgan fingerprint density at radius 2 is 1.81 bits per heavy atom. The number of pyridine rings is 1. The number of aryl methyl sites for hydroxylation is 1. The second-order valence-corrected chi connectivity index (χ2v) is 8.88. The fourth-order valence-corrected chi connectivity index (χ4v) is 5.23. The van der Waals surface area contributed by atoms with Gasteiger partial charge in [-0.3, -0.25) is 4.79 Å². The molecule has 0 spiro atoms. The first-order chi connectivity index (χ1) is 15.5. The number of anilines is 1. The molecule has 0 unspecified atom stereocenters. The van der Waals surface area contributed by atoms with Gasteiger partial charge in [0.2, 0.25) is 0 Å². The molecular formula is C24H25N5O2S. The highest BCUT2D eigenvalue weighted by Gasteiger charge is 2.26. The molecule has 164 valence electrons. The molecule has 4 heterocycles. The van der Waals surface area contributed by atoms with Crippen LogP contribution in [0.5, 0.6) is 5.75 Å². The van der Waals surface area contributed by atoms with Crippen LogP contribution in [0.1, 0.15) is 21.7 Å². The standard InChI is InChI=1S/C24H25N5O2S/c1-16-15-20(17(2)29(16)18-6-8-19(31-3)9-7-18)23(30)27-11-13-28(14-12-27)24-26-21-5-4-10-25-22(21)32-24/h4-10,15H,11-14H2,1-3H3. The molecule has 1 saturated heterocycles. The number of hydrogen-bond donors (Lipinski definition) is 0. The van der Waals surface area contributed by atoms with E-state index in [1.165, 1.54) is 0 Å². The zero-order chi connectivity index (χ0) is 22.2. The highest BCUT2D eigenvalue weighted by molar-refractivity contribution is 7.21. The lowest BCUT2D eigenvalue weighted by Gasteiger charge is -2.34. The maximum atomic E-state index is 13.4. The van der Waals surface area contributed by atoms with Gasteiger partial charge in [0.15, 0.2) is 5.13 Å². The minimum atomic E-state index is 0.0866. The Hall–Kier alpha value is -3.39. The van der Waals surface area contributed by atoms with E-state index in [9.17, 15) is 4.79 Å². The molecule has 7 nitrogen and oxygen atoms in total. The molecule has 1 amide bonds. The summed E-state index contributed by atoms with van der Waals surface area (Å²) in [5.41, 5.74) is 4.70. The fraction of sp³-hybridized carbons (Fsp3) is 0.292. The van der Waals surface area contributed by atoms with E-state index in [1.807, 2.05) is 61.2 Å². The van der Waals surface area contributed by atoms with Crippen molar-refractivity contribution in [2.24, 2.45) is 0 Å². The number of benzene rings is 1. The minimum absolute atomic E-state index is 0.0866. The first-order valence-corrected chi connectivity index (χ1v) is 11.5. The van der Waals surface area contributed by atoms with Gasteiger partial charge in [0.05, 0.1) is 12.7 Å². The molecule has 1 aliphatic rings. The molecule has 3 aromatic heterocycles. The first-order valence-electron chi connectivity index (χ1n) is 10.6. The number of nitrogens with zero attached hydrogens (tertiary/aromatic N) is 5. The number of ether oxygens (including phenoxy) is 1. The third kappa shape index (κ3) is 3.60. The van der Waals surface area contributed by atoms with Gasteiger partial charge in [0, 0.05) is 49.5 Å². The largest absolute Gasteiger partial charge is 0.497 e. The molecule has 32 heavy (non-hydrogen) atoms. The molecule has 0 saturated carbocycles. The molecule has 0 aliphatic carbocycles. The Morgan fingerprint density at radius 3 is 2.50 bits per heavy atom. The number of amides is 1. The summed E-state index contributed by atoms with van der Waals surface area (Å²) in [6.07, 6.45) is 1.79. The van der Waals surface area contributed by atoms with Gasteiger partial charge in [-0.25, -0.2) is 9.97 Å². The Morgan fingerprint density at radius 1 is 1.06 bits per heavy atom. The Labute approximate surface area is 190 Å². The van der Waals surface area contributed by atoms with Crippen molar-refractivity contribution in [3.63, 3.8) is 0 Å². The van der Waals surface area contributed by atoms with Gasteiger partial charge in [0.25, 0.3) is 5.91 Å². The predicted molar refractivity (Wildman–Crippen MR) is 127 cm³/mol. The van der Waals surface area contributed by atoms with E-state index in [1.54, 1.807) is 24.6 Å². The molecular weight excluding hydrogens is 422 g/mol. The van der Waals surface area contributed by atoms with E-state index in [-0.39, 0.29) is 5.91 Å². The summed E-state index contributed by atoms with van der Waals surface area (Å²) >= 11 is 1.61. The van der Waals surface area contributed by atoms with Crippen LogP contribution < -0.4 is 9.64 Å². The third-order valence-corrected chi connectivity index (χ3v) is 7.02. The van der Waals surface area contributed by atoms with Crippen molar-refractivity contribution in [1.82, 2.24) is 19.4 Å². The smallest absolute Gasteiger partial charge is 0.255 e. The average Bonchev–Trinajstić information content (AvgIpc) is 3.39. The van der Waals surface area contributed by atoms with Crippen molar-refractivity contribution >= 4 is 32.7 Å². The number of fused-ring (bicyclic) bond motifs is 1. The molecule has 0 radical (unpaired) electrons. The number of carbonyl (C=O) groups excluding carboxylic acids is 1. The van der Waals surface area contributed by atoms with Crippen LogP contribution in [0.4, 0.5) is 5.13 Å². The minimum Gasteiger partial charge on any atom is -0.497 e. The predicted octanol–water partition coefficient (Wildman–Crippen LogP) is 4.07. The topological polar surface area (TPSA) is 63.5 Å². The van der Waals surface area contributed by atoms with Crippen LogP contribution in [0.25, 0.3) is 16.0 Å². The van der Waals surface area contributed by atoms with E-state index in [0.29, 0.717) is 13.1 Å². The molecule has 0 atom stereocenters. The monoisotopic (exact) mass is 447 g/mol. The molecule has 1 aliphatic heterocycles.